The van der Waals surface area contributed by atoms with E-state index in [2.05, 4.69) is 10.4 Å². The lowest BCUT2D eigenvalue weighted by Gasteiger charge is -2.23. The number of nitrogens with two attached hydrogens (primary N) is 1. The summed E-state index contributed by atoms with van der Waals surface area (Å²) in [5.74, 6) is -0.274. The highest BCUT2D eigenvalue weighted by Gasteiger charge is 2.20. The van der Waals surface area contributed by atoms with Gasteiger partial charge < -0.3 is 11.1 Å². The van der Waals surface area contributed by atoms with E-state index in [1.807, 2.05) is 13.8 Å². The zero-order chi connectivity index (χ0) is 16.3. The molecule has 1 aromatic heterocycles. The first kappa shape index (κ1) is 15.6. The average Bonchev–Trinajstić information content (AvgIpc) is 2.97. The van der Waals surface area contributed by atoms with Gasteiger partial charge >= 0.3 is 0 Å². The van der Waals surface area contributed by atoms with Crippen LogP contribution in [-0.4, -0.2) is 32.7 Å². The summed E-state index contributed by atoms with van der Waals surface area (Å²) in [5.41, 5.74) is 6.08. The molecule has 0 unspecified atom stereocenters. The Morgan fingerprint density at radius 3 is 2.59 bits per heavy atom. The van der Waals surface area contributed by atoms with E-state index >= 15 is 0 Å². The monoisotopic (exact) mass is 303 g/mol. The van der Waals surface area contributed by atoms with Crippen LogP contribution in [0.4, 0.5) is 5.69 Å². The maximum atomic E-state index is 12.1. The molecule has 1 heterocycles. The molecule has 22 heavy (non-hydrogen) atoms. The van der Waals surface area contributed by atoms with Crippen molar-refractivity contribution in [3.05, 3.63) is 52.3 Å². The number of aromatic nitrogens is 2. The molecule has 8 heteroatoms. The van der Waals surface area contributed by atoms with Gasteiger partial charge in [0.2, 0.25) is 0 Å². The van der Waals surface area contributed by atoms with Crippen LogP contribution in [0.15, 0.2) is 36.7 Å². The fourth-order valence-corrected chi connectivity index (χ4v) is 1.74. The minimum absolute atomic E-state index is 0.00133. The number of hydrogen-bond acceptors (Lipinski definition) is 5. The fraction of sp³-hybridized carbons (Fsp3) is 0.286. The maximum absolute atomic E-state index is 12.1. The summed E-state index contributed by atoms with van der Waals surface area (Å²) in [6.45, 7) is 3.96. The molecular weight excluding hydrogens is 286 g/mol. The second kappa shape index (κ2) is 5.94. The number of hydrogen-bond donors (Lipinski definition) is 2. The summed E-state index contributed by atoms with van der Waals surface area (Å²) in [7, 11) is 0. The van der Waals surface area contributed by atoms with E-state index in [4.69, 9.17) is 5.73 Å². The van der Waals surface area contributed by atoms with Crippen molar-refractivity contribution in [1.29, 1.82) is 0 Å². The van der Waals surface area contributed by atoms with Crippen LogP contribution in [0.2, 0.25) is 0 Å². The SMILES string of the molecule is CC(C)(CN)NC(=O)c1cnn(-c2ccc([N+](=O)[O-])cc2)c1. The molecule has 0 saturated carbocycles. The topological polar surface area (TPSA) is 116 Å². The van der Waals surface area contributed by atoms with Gasteiger partial charge in [0.15, 0.2) is 0 Å². The number of nitrogens with one attached hydrogen (secondary N) is 1. The van der Waals surface area contributed by atoms with Gasteiger partial charge in [-0.05, 0) is 26.0 Å². The third kappa shape index (κ3) is 3.47. The Morgan fingerprint density at radius 1 is 1.41 bits per heavy atom. The second-order valence-electron chi connectivity index (χ2n) is 5.49. The highest BCUT2D eigenvalue weighted by molar-refractivity contribution is 5.94. The summed E-state index contributed by atoms with van der Waals surface area (Å²) < 4.78 is 1.48. The Labute approximate surface area is 127 Å². The predicted molar refractivity (Wildman–Crippen MR) is 80.8 cm³/mol. The van der Waals surface area contributed by atoms with E-state index < -0.39 is 10.5 Å². The van der Waals surface area contributed by atoms with Crippen LogP contribution in [0.3, 0.4) is 0 Å². The van der Waals surface area contributed by atoms with Crippen LogP contribution in [0.1, 0.15) is 24.2 Å². The number of nitro benzene ring substituents is 1. The molecule has 2 aromatic rings. The summed E-state index contributed by atoms with van der Waals surface area (Å²) in [5, 5.41) is 17.5. The Hall–Kier alpha value is -2.74. The van der Waals surface area contributed by atoms with Crippen molar-refractivity contribution in [1.82, 2.24) is 15.1 Å². The largest absolute Gasteiger partial charge is 0.346 e. The van der Waals surface area contributed by atoms with Crippen LogP contribution in [-0.2, 0) is 0 Å². The van der Waals surface area contributed by atoms with Crippen molar-refractivity contribution in [2.75, 3.05) is 6.54 Å². The van der Waals surface area contributed by atoms with E-state index in [9.17, 15) is 14.9 Å². The van der Waals surface area contributed by atoms with Gasteiger partial charge in [0.25, 0.3) is 11.6 Å². The Morgan fingerprint density at radius 2 is 2.05 bits per heavy atom. The maximum Gasteiger partial charge on any atom is 0.269 e. The van der Waals surface area contributed by atoms with Gasteiger partial charge in [-0.1, -0.05) is 0 Å². The van der Waals surface area contributed by atoms with E-state index in [1.54, 1.807) is 18.3 Å². The highest BCUT2D eigenvalue weighted by atomic mass is 16.6. The molecule has 0 aliphatic carbocycles. The molecular formula is C14H17N5O3. The lowest BCUT2D eigenvalue weighted by molar-refractivity contribution is -0.384. The minimum atomic E-state index is -0.507. The van der Waals surface area contributed by atoms with E-state index in [-0.39, 0.29) is 11.6 Å². The number of nitrogens with zero attached hydrogens (tertiary/aromatic N) is 3. The van der Waals surface area contributed by atoms with Gasteiger partial charge in [0.05, 0.1) is 22.4 Å². The van der Waals surface area contributed by atoms with E-state index in [0.29, 0.717) is 17.8 Å². The average molecular weight is 303 g/mol. The zero-order valence-electron chi connectivity index (χ0n) is 12.3. The smallest absolute Gasteiger partial charge is 0.269 e. The van der Waals surface area contributed by atoms with Crippen molar-refractivity contribution in [2.45, 2.75) is 19.4 Å². The molecule has 0 atom stereocenters. The molecule has 0 aliphatic rings. The molecule has 116 valence electrons. The molecule has 1 aromatic carbocycles. The van der Waals surface area contributed by atoms with Crippen LogP contribution < -0.4 is 11.1 Å². The first-order chi connectivity index (χ1) is 10.3. The van der Waals surface area contributed by atoms with Gasteiger partial charge in [0.1, 0.15) is 0 Å². The van der Waals surface area contributed by atoms with Crippen molar-refractivity contribution in [2.24, 2.45) is 5.73 Å². The van der Waals surface area contributed by atoms with Gasteiger partial charge in [0, 0.05) is 30.4 Å². The minimum Gasteiger partial charge on any atom is -0.346 e. The van der Waals surface area contributed by atoms with Crippen molar-refractivity contribution >= 4 is 11.6 Å². The summed E-state index contributed by atoms with van der Waals surface area (Å²) in [6, 6.07) is 5.90. The molecule has 0 radical (unpaired) electrons. The van der Waals surface area contributed by atoms with Crippen molar-refractivity contribution < 1.29 is 9.72 Å². The number of non-ortho nitro benzene ring substituents is 1. The zero-order valence-corrected chi connectivity index (χ0v) is 12.3. The predicted octanol–water partition coefficient (Wildman–Crippen LogP) is 1.25. The Kier molecular flexibility index (Phi) is 4.22. The molecule has 1 amide bonds. The lowest BCUT2D eigenvalue weighted by Crippen LogP contribution is -2.48. The molecule has 2 rings (SSSR count). The third-order valence-corrected chi connectivity index (χ3v) is 3.13. The van der Waals surface area contributed by atoms with Gasteiger partial charge in [-0.15, -0.1) is 0 Å². The molecule has 0 spiro atoms. The molecule has 0 bridgehead atoms. The summed E-state index contributed by atoms with van der Waals surface area (Å²) in [6.07, 6.45) is 2.99. The molecule has 0 saturated heterocycles. The number of benzene rings is 1. The van der Waals surface area contributed by atoms with Crippen LogP contribution >= 0.6 is 0 Å². The molecule has 0 fully saturated rings. The van der Waals surface area contributed by atoms with Gasteiger partial charge in [-0.25, -0.2) is 4.68 Å². The van der Waals surface area contributed by atoms with Crippen LogP contribution in [0.5, 0.6) is 0 Å². The summed E-state index contributed by atoms with van der Waals surface area (Å²) in [4.78, 5) is 22.2. The lowest BCUT2D eigenvalue weighted by atomic mass is 10.1. The third-order valence-electron chi connectivity index (χ3n) is 3.13. The second-order valence-corrected chi connectivity index (χ2v) is 5.49. The van der Waals surface area contributed by atoms with Gasteiger partial charge in [-0.2, -0.15) is 5.10 Å². The number of carbonyl (C=O) groups excluding carboxylic acids is 1. The quantitative estimate of drug-likeness (QED) is 0.637. The van der Waals surface area contributed by atoms with Gasteiger partial charge in [-0.3, -0.25) is 14.9 Å². The van der Waals surface area contributed by atoms with Crippen LogP contribution in [0, 0.1) is 10.1 Å². The highest BCUT2D eigenvalue weighted by Crippen LogP contribution is 2.15. The van der Waals surface area contributed by atoms with Crippen LogP contribution in [0.25, 0.3) is 5.69 Å². The number of nitro groups is 1. The Balaban J connectivity index is 2.17. The number of amides is 1. The fourth-order valence-electron chi connectivity index (χ4n) is 1.74. The standard InChI is InChI=1S/C14H17N5O3/c1-14(2,9-15)17-13(20)10-7-16-18(8-10)11-3-5-12(6-4-11)19(21)22/h3-8H,9,15H2,1-2H3,(H,17,20). The first-order valence-corrected chi connectivity index (χ1v) is 6.64. The number of carbonyl (C=O) groups is 1. The van der Waals surface area contributed by atoms with E-state index in [0.717, 1.165) is 0 Å². The first-order valence-electron chi connectivity index (χ1n) is 6.64. The van der Waals surface area contributed by atoms with Crippen molar-refractivity contribution in [3.8, 4) is 5.69 Å². The molecule has 3 N–H and O–H groups in total. The molecule has 8 nitrogen and oxygen atoms in total. The molecule has 0 aliphatic heterocycles. The summed E-state index contributed by atoms with van der Waals surface area (Å²) >= 11 is 0. The number of rotatable bonds is 5. The Bertz CT molecular complexity index is 691. The normalized spacial score (nSPS) is 11.2. The van der Waals surface area contributed by atoms with E-state index in [1.165, 1.54) is 23.0 Å². The van der Waals surface area contributed by atoms with Crippen molar-refractivity contribution in [3.63, 3.8) is 0 Å².